The lowest BCUT2D eigenvalue weighted by molar-refractivity contribution is 0.622. The van der Waals surface area contributed by atoms with Crippen molar-refractivity contribution >= 4 is 11.8 Å². The van der Waals surface area contributed by atoms with E-state index in [2.05, 4.69) is 23.4 Å². The highest BCUT2D eigenvalue weighted by Gasteiger charge is 2.25. The lowest BCUT2D eigenvalue weighted by Crippen LogP contribution is -2.13. The maximum Gasteiger partial charge on any atom is 0.273 e. The molecule has 0 N–H and O–H groups in total. The van der Waals surface area contributed by atoms with Crippen LogP contribution in [0.5, 0.6) is 0 Å². The first-order valence-corrected chi connectivity index (χ1v) is 6.34. The fourth-order valence-electron chi connectivity index (χ4n) is 1.38. The third kappa shape index (κ3) is 2.62. The molecule has 3 nitrogen and oxygen atoms in total. The van der Waals surface area contributed by atoms with Crippen LogP contribution in [-0.2, 0) is 0 Å². The molecule has 1 aliphatic carbocycles. The first-order valence-electron chi connectivity index (χ1n) is 5.46. The van der Waals surface area contributed by atoms with Crippen molar-refractivity contribution in [3.05, 3.63) is 22.6 Å². The van der Waals surface area contributed by atoms with Crippen LogP contribution in [0.2, 0.25) is 0 Å². The van der Waals surface area contributed by atoms with Gasteiger partial charge in [-0.3, -0.25) is 4.79 Å². The fourth-order valence-corrected chi connectivity index (χ4v) is 2.38. The van der Waals surface area contributed by atoms with Gasteiger partial charge < -0.3 is 4.57 Å². The van der Waals surface area contributed by atoms with Gasteiger partial charge in [0.05, 0.1) is 0 Å². The van der Waals surface area contributed by atoms with Gasteiger partial charge in [0.15, 0.2) is 5.16 Å². The van der Waals surface area contributed by atoms with Gasteiger partial charge >= 0.3 is 0 Å². The summed E-state index contributed by atoms with van der Waals surface area (Å²) in [4.78, 5) is 15.3. The minimum absolute atomic E-state index is 0.127. The molecule has 1 aromatic heterocycles. The topological polar surface area (TPSA) is 34.9 Å². The smallest absolute Gasteiger partial charge is 0.273 e. The van der Waals surface area contributed by atoms with Crippen LogP contribution in [0.3, 0.4) is 0 Å². The average molecular weight is 224 g/mol. The normalized spacial score (nSPS) is 17.7. The summed E-state index contributed by atoms with van der Waals surface area (Å²) in [5.41, 5.74) is -0.127. The van der Waals surface area contributed by atoms with Crippen molar-refractivity contribution in [2.24, 2.45) is 0 Å². The van der Waals surface area contributed by atoms with E-state index in [-0.39, 0.29) is 5.56 Å². The Balaban J connectivity index is 2.25. The highest BCUT2D eigenvalue weighted by molar-refractivity contribution is 7.99. The molecule has 0 spiro atoms. The molecule has 1 aromatic rings. The number of rotatable bonds is 4. The number of aromatic nitrogens is 2. The molecule has 1 unspecified atom stereocenters. The van der Waals surface area contributed by atoms with E-state index in [0.29, 0.717) is 11.3 Å². The Hall–Kier alpha value is -0.770. The van der Waals surface area contributed by atoms with Crippen molar-refractivity contribution in [1.82, 2.24) is 9.55 Å². The quantitative estimate of drug-likeness (QED) is 0.582. The average Bonchev–Trinajstić information content (AvgIpc) is 3.01. The van der Waals surface area contributed by atoms with Gasteiger partial charge in [-0.05, 0) is 19.3 Å². The van der Waals surface area contributed by atoms with Gasteiger partial charge in [-0.25, -0.2) is 0 Å². The molecule has 1 saturated carbocycles. The Kier molecular flexibility index (Phi) is 3.14. The van der Waals surface area contributed by atoms with E-state index in [0.717, 1.165) is 11.6 Å². The summed E-state index contributed by atoms with van der Waals surface area (Å²) in [5, 5.41) is 1.41. The summed E-state index contributed by atoms with van der Waals surface area (Å²) < 4.78 is 2.15. The van der Waals surface area contributed by atoms with Crippen LogP contribution in [0.1, 0.15) is 39.2 Å². The van der Waals surface area contributed by atoms with Crippen molar-refractivity contribution in [1.29, 1.82) is 0 Å². The molecule has 0 aromatic carbocycles. The zero-order chi connectivity index (χ0) is 10.8. The summed E-state index contributed by atoms with van der Waals surface area (Å²) >= 11 is 1.70. The summed E-state index contributed by atoms with van der Waals surface area (Å²) in [6.45, 7) is 4.32. The minimum atomic E-state index is -0.127. The fraction of sp³-hybridized carbons (Fsp3) is 0.636. The van der Waals surface area contributed by atoms with Gasteiger partial charge in [0.25, 0.3) is 5.56 Å². The molecule has 0 saturated heterocycles. The van der Waals surface area contributed by atoms with Crippen molar-refractivity contribution in [3.63, 3.8) is 0 Å². The molecule has 82 valence electrons. The van der Waals surface area contributed by atoms with E-state index in [4.69, 9.17) is 0 Å². The Bertz CT molecular complexity index is 398. The molecular weight excluding hydrogens is 208 g/mol. The Labute approximate surface area is 93.9 Å². The van der Waals surface area contributed by atoms with E-state index >= 15 is 0 Å². The summed E-state index contributed by atoms with van der Waals surface area (Å²) in [6.07, 6.45) is 5.43. The zero-order valence-corrected chi connectivity index (χ0v) is 9.96. The molecule has 4 heteroatoms. The van der Waals surface area contributed by atoms with E-state index in [1.54, 1.807) is 17.8 Å². The lowest BCUT2D eigenvalue weighted by Gasteiger charge is -2.13. The molecule has 2 rings (SSSR count). The van der Waals surface area contributed by atoms with Crippen LogP contribution in [0.25, 0.3) is 0 Å². The van der Waals surface area contributed by atoms with Gasteiger partial charge in [0, 0.05) is 23.6 Å². The molecule has 0 bridgehead atoms. The first-order chi connectivity index (χ1) is 7.20. The molecule has 0 radical (unpaired) electrons. The van der Waals surface area contributed by atoms with Crippen molar-refractivity contribution in [3.8, 4) is 0 Å². The maximum absolute atomic E-state index is 11.2. The summed E-state index contributed by atoms with van der Waals surface area (Å²) in [6, 6.07) is 2.14. The lowest BCUT2D eigenvalue weighted by atomic mass is 10.4. The SMILES string of the molecule is CCC(C)Sc1nc(=O)ccn1C1CC1. The Morgan fingerprint density at radius 1 is 1.67 bits per heavy atom. The molecule has 0 amide bonds. The van der Waals surface area contributed by atoms with Crippen molar-refractivity contribution in [2.75, 3.05) is 0 Å². The molecule has 15 heavy (non-hydrogen) atoms. The van der Waals surface area contributed by atoms with Crippen LogP contribution < -0.4 is 5.56 Å². The summed E-state index contributed by atoms with van der Waals surface area (Å²) in [7, 11) is 0. The van der Waals surface area contributed by atoms with E-state index in [9.17, 15) is 4.79 Å². The maximum atomic E-state index is 11.2. The molecule has 0 aliphatic heterocycles. The second kappa shape index (κ2) is 4.39. The standard InChI is InChI=1S/C11H16N2OS/c1-3-8(2)15-11-12-10(14)6-7-13(11)9-4-5-9/h6-9H,3-5H2,1-2H3. The van der Waals surface area contributed by atoms with Gasteiger partial charge in [-0.2, -0.15) is 4.98 Å². The Morgan fingerprint density at radius 2 is 2.40 bits per heavy atom. The van der Waals surface area contributed by atoms with Crippen molar-refractivity contribution in [2.45, 2.75) is 49.6 Å². The van der Waals surface area contributed by atoms with Crippen LogP contribution in [0.15, 0.2) is 22.2 Å². The van der Waals surface area contributed by atoms with Crippen LogP contribution in [0, 0.1) is 0 Å². The molecular formula is C11H16N2OS. The molecule has 1 aliphatic rings. The minimum Gasteiger partial charge on any atom is -0.324 e. The number of nitrogens with zero attached hydrogens (tertiary/aromatic N) is 2. The van der Waals surface area contributed by atoms with Gasteiger partial charge in [-0.1, -0.05) is 25.6 Å². The molecule has 1 atom stereocenters. The highest BCUT2D eigenvalue weighted by atomic mass is 32.2. The number of hydrogen-bond donors (Lipinski definition) is 0. The van der Waals surface area contributed by atoms with E-state index in [1.165, 1.54) is 12.8 Å². The second-order valence-corrected chi connectivity index (χ2v) is 5.43. The largest absolute Gasteiger partial charge is 0.324 e. The van der Waals surface area contributed by atoms with Crippen molar-refractivity contribution < 1.29 is 0 Å². The monoisotopic (exact) mass is 224 g/mol. The molecule has 1 heterocycles. The van der Waals surface area contributed by atoms with Gasteiger partial charge in [0.1, 0.15) is 0 Å². The highest BCUT2D eigenvalue weighted by Crippen LogP contribution is 2.37. The van der Waals surface area contributed by atoms with Crippen LogP contribution in [-0.4, -0.2) is 14.8 Å². The van der Waals surface area contributed by atoms with Crippen LogP contribution >= 0.6 is 11.8 Å². The van der Waals surface area contributed by atoms with Gasteiger partial charge in [0.2, 0.25) is 0 Å². The second-order valence-electron chi connectivity index (χ2n) is 4.02. The number of thioether (sulfide) groups is 1. The Morgan fingerprint density at radius 3 is 3.00 bits per heavy atom. The van der Waals surface area contributed by atoms with E-state index < -0.39 is 0 Å². The predicted molar refractivity (Wildman–Crippen MR) is 62.4 cm³/mol. The molecule has 1 fully saturated rings. The first kappa shape index (κ1) is 10.7. The van der Waals surface area contributed by atoms with E-state index in [1.807, 2.05) is 6.20 Å². The van der Waals surface area contributed by atoms with Gasteiger partial charge in [-0.15, -0.1) is 0 Å². The predicted octanol–water partition coefficient (Wildman–Crippen LogP) is 2.47. The third-order valence-electron chi connectivity index (χ3n) is 2.63. The summed E-state index contributed by atoms with van der Waals surface area (Å²) in [5.74, 6) is 0. The third-order valence-corrected chi connectivity index (χ3v) is 3.87. The zero-order valence-electron chi connectivity index (χ0n) is 9.14. The number of hydrogen-bond acceptors (Lipinski definition) is 3. The van der Waals surface area contributed by atoms with Crippen LogP contribution in [0.4, 0.5) is 0 Å².